The Morgan fingerprint density at radius 1 is 1.39 bits per heavy atom. The van der Waals surface area contributed by atoms with Gasteiger partial charge >= 0.3 is 0 Å². The number of halogens is 1. The summed E-state index contributed by atoms with van der Waals surface area (Å²) < 4.78 is 0. The van der Waals surface area contributed by atoms with Gasteiger partial charge in [0.15, 0.2) is 5.78 Å². The summed E-state index contributed by atoms with van der Waals surface area (Å²) in [4.78, 5) is 32.3. The van der Waals surface area contributed by atoms with Crippen molar-refractivity contribution in [2.24, 2.45) is 0 Å². The highest BCUT2D eigenvalue weighted by Gasteiger charge is 2.15. The van der Waals surface area contributed by atoms with Crippen LogP contribution >= 0.6 is 22.9 Å². The second-order valence-electron chi connectivity index (χ2n) is 5.15. The van der Waals surface area contributed by atoms with E-state index in [0.29, 0.717) is 16.1 Å². The average molecular weight is 345 g/mol. The molecule has 0 fully saturated rings. The number of thiophene rings is 1. The molecule has 0 saturated heterocycles. The molecule has 0 aliphatic heterocycles. The Morgan fingerprint density at radius 3 is 2.91 bits per heavy atom. The van der Waals surface area contributed by atoms with Crippen LogP contribution in [0.1, 0.15) is 27.2 Å². The zero-order valence-corrected chi connectivity index (χ0v) is 14.1. The number of fused-ring (bicyclic) bond motifs is 1. The summed E-state index contributed by atoms with van der Waals surface area (Å²) >= 11 is 7.46. The van der Waals surface area contributed by atoms with Crippen LogP contribution in [0.5, 0.6) is 0 Å². The van der Waals surface area contributed by atoms with Gasteiger partial charge in [-0.25, -0.2) is 0 Å². The molecular weight excluding hydrogens is 332 g/mol. The minimum Gasteiger partial charge on any atom is -0.313 e. The predicted molar refractivity (Wildman–Crippen MR) is 94.5 cm³/mol. The molecule has 3 rings (SSSR count). The molecule has 6 heteroatoms. The number of nitrogens with one attached hydrogen (secondary N) is 1. The number of hydrogen-bond acceptors (Lipinski definition) is 4. The van der Waals surface area contributed by atoms with Crippen LogP contribution in [0.25, 0.3) is 16.3 Å². The van der Waals surface area contributed by atoms with E-state index in [-0.39, 0.29) is 16.9 Å². The maximum atomic E-state index is 12.4. The second-order valence-corrected chi connectivity index (χ2v) is 6.47. The zero-order chi connectivity index (χ0) is 16.6. The lowest BCUT2D eigenvalue weighted by Crippen LogP contribution is -2.18. The van der Waals surface area contributed by atoms with Crippen LogP contribution in [0.3, 0.4) is 0 Å². The minimum atomic E-state index is -0.368. The first-order valence-corrected chi connectivity index (χ1v) is 8.18. The van der Waals surface area contributed by atoms with Gasteiger partial charge in [0.1, 0.15) is 4.83 Å². The molecule has 0 aliphatic carbocycles. The largest absolute Gasteiger partial charge is 0.313 e. The fraction of sp³-hybridized carbons (Fsp3) is 0.118. The SMILES string of the molecule is Cc1ncc(C=CC(=O)c2c(C)c3ccsc3[nH]c2=O)cc1Cl. The molecule has 0 aliphatic rings. The Hall–Kier alpha value is -2.24. The van der Waals surface area contributed by atoms with Crippen molar-refractivity contribution in [3.63, 3.8) is 0 Å². The van der Waals surface area contributed by atoms with Crippen molar-refractivity contribution < 1.29 is 4.79 Å². The van der Waals surface area contributed by atoms with E-state index in [2.05, 4.69) is 9.97 Å². The molecule has 0 bridgehead atoms. The van der Waals surface area contributed by atoms with Gasteiger partial charge in [0.05, 0.1) is 16.3 Å². The number of H-pyrrole nitrogens is 1. The maximum absolute atomic E-state index is 12.4. The highest BCUT2D eigenvalue weighted by molar-refractivity contribution is 7.16. The van der Waals surface area contributed by atoms with Gasteiger partial charge in [-0.05, 0) is 54.6 Å². The van der Waals surface area contributed by atoms with Crippen molar-refractivity contribution in [3.05, 3.63) is 67.5 Å². The summed E-state index contributed by atoms with van der Waals surface area (Å²) in [6.07, 6.45) is 4.61. The van der Waals surface area contributed by atoms with Crippen molar-refractivity contribution >= 4 is 45.0 Å². The Balaban J connectivity index is 1.98. The van der Waals surface area contributed by atoms with E-state index in [1.54, 1.807) is 32.2 Å². The highest BCUT2D eigenvalue weighted by atomic mass is 35.5. The minimum absolute atomic E-state index is 0.165. The number of carbonyl (C=O) groups is 1. The number of pyridine rings is 2. The van der Waals surface area contributed by atoms with Crippen molar-refractivity contribution in [2.45, 2.75) is 13.8 Å². The van der Waals surface area contributed by atoms with E-state index >= 15 is 0 Å². The van der Waals surface area contributed by atoms with Gasteiger partial charge in [-0.1, -0.05) is 11.6 Å². The van der Waals surface area contributed by atoms with Gasteiger partial charge in [-0.2, -0.15) is 0 Å². The number of aryl methyl sites for hydroxylation is 2. The number of carbonyl (C=O) groups excluding carboxylic acids is 1. The molecule has 0 radical (unpaired) electrons. The van der Waals surface area contributed by atoms with E-state index in [1.807, 2.05) is 11.4 Å². The number of rotatable bonds is 3. The zero-order valence-electron chi connectivity index (χ0n) is 12.5. The molecule has 3 heterocycles. The summed E-state index contributed by atoms with van der Waals surface area (Å²) in [6, 6.07) is 3.63. The third-order valence-corrected chi connectivity index (χ3v) is 4.83. The molecule has 0 unspecified atom stereocenters. The third kappa shape index (κ3) is 2.98. The molecule has 3 aromatic rings. The monoisotopic (exact) mass is 344 g/mol. The molecule has 116 valence electrons. The van der Waals surface area contributed by atoms with E-state index in [4.69, 9.17) is 11.6 Å². The molecule has 3 aromatic heterocycles. The van der Waals surface area contributed by atoms with Gasteiger partial charge < -0.3 is 4.98 Å². The quantitative estimate of drug-likeness (QED) is 0.573. The number of aromatic amines is 1. The summed E-state index contributed by atoms with van der Waals surface area (Å²) in [5.41, 5.74) is 1.93. The Morgan fingerprint density at radius 2 is 2.17 bits per heavy atom. The van der Waals surface area contributed by atoms with Crippen LogP contribution in [0, 0.1) is 13.8 Å². The standard InChI is InChI=1S/C17H13ClN2O2S/c1-9-12-5-6-23-17(12)20-16(22)15(9)14(21)4-3-11-7-13(18)10(2)19-8-11/h3-8H,1-2H3,(H,20,22). The lowest BCUT2D eigenvalue weighted by atomic mass is 10.0. The summed E-state index contributed by atoms with van der Waals surface area (Å²) in [6.45, 7) is 3.59. The first-order valence-electron chi connectivity index (χ1n) is 6.92. The van der Waals surface area contributed by atoms with Crippen molar-refractivity contribution in [1.82, 2.24) is 9.97 Å². The molecule has 1 N–H and O–H groups in total. The smallest absolute Gasteiger partial charge is 0.260 e. The molecule has 4 nitrogen and oxygen atoms in total. The van der Waals surface area contributed by atoms with Gasteiger partial charge in [-0.15, -0.1) is 11.3 Å². The van der Waals surface area contributed by atoms with Crippen molar-refractivity contribution in [3.8, 4) is 0 Å². The lowest BCUT2D eigenvalue weighted by Gasteiger charge is -2.03. The number of hydrogen-bond donors (Lipinski definition) is 1. The fourth-order valence-corrected chi connectivity index (χ4v) is 3.35. The van der Waals surface area contributed by atoms with Crippen molar-refractivity contribution in [2.75, 3.05) is 0 Å². The molecule has 23 heavy (non-hydrogen) atoms. The van der Waals surface area contributed by atoms with Crippen LogP contribution in [-0.2, 0) is 0 Å². The first kappa shape index (κ1) is 15.6. The number of ketones is 1. The predicted octanol–water partition coefficient (Wildman–Crippen LogP) is 4.15. The molecule has 0 aromatic carbocycles. The molecular formula is C17H13ClN2O2S. The highest BCUT2D eigenvalue weighted by Crippen LogP contribution is 2.22. The number of allylic oxidation sites excluding steroid dienone is 1. The molecule has 0 amide bonds. The van der Waals surface area contributed by atoms with Crippen LogP contribution in [0.15, 0.2) is 34.6 Å². The van der Waals surface area contributed by atoms with E-state index in [1.165, 1.54) is 17.4 Å². The van der Waals surface area contributed by atoms with Crippen LogP contribution in [-0.4, -0.2) is 15.8 Å². The Labute approximate surface area is 141 Å². The number of aromatic nitrogens is 2. The Kier molecular flexibility index (Phi) is 4.15. The topological polar surface area (TPSA) is 62.8 Å². The third-order valence-electron chi connectivity index (χ3n) is 3.62. The van der Waals surface area contributed by atoms with E-state index in [9.17, 15) is 9.59 Å². The van der Waals surface area contributed by atoms with Crippen LogP contribution < -0.4 is 5.56 Å². The molecule has 0 spiro atoms. The maximum Gasteiger partial charge on any atom is 0.260 e. The normalized spacial score (nSPS) is 11.4. The lowest BCUT2D eigenvalue weighted by molar-refractivity contribution is 0.104. The van der Waals surface area contributed by atoms with Crippen LogP contribution in [0.4, 0.5) is 0 Å². The van der Waals surface area contributed by atoms with Gasteiger partial charge in [-0.3, -0.25) is 14.6 Å². The summed E-state index contributed by atoms with van der Waals surface area (Å²) in [7, 11) is 0. The van der Waals surface area contributed by atoms with Gasteiger partial charge in [0.2, 0.25) is 0 Å². The first-order chi connectivity index (χ1) is 11.0. The summed E-state index contributed by atoms with van der Waals surface area (Å²) in [5.74, 6) is -0.339. The van der Waals surface area contributed by atoms with Gasteiger partial charge in [0, 0.05) is 11.6 Å². The van der Waals surface area contributed by atoms with E-state index < -0.39 is 0 Å². The van der Waals surface area contributed by atoms with Crippen LogP contribution in [0.2, 0.25) is 5.02 Å². The number of nitrogens with zero attached hydrogens (tertiary/aromatic N) is 1. The molecule has 0 saturated carbocycles. The molecule has 0 atom stereocenters. The fourth-order valence-electron chi connectivity index (χ4n) is 2.34. The summed E-state index contributed by atoms with van der Waals surface area (Å²) in [5, 5.41) is 3.32. The Bertz CT molecular complexity index is 1000. The van der Waals surface area contributed by atoms with Gasteiger partial charge in [0.25, 0.3) is 5.56 Å². The van der Waals surface area contributed by atoms with E-state index in [0.717, 1.165) is 15.9 Å². The van der Waals surface area contributed by atoms with Crippen molar-refractivity contribution in [1.29, 1.82) is 0 Å². The average Bonchev–Trinajstić information content (AvgIpc) is 2.97. The second kappa shape index (κ2) is 6.10.